The summed E-state index contributed by atoms with van der Waals surface area (Å²) < 4.78 is 34.2. The van der Waals surface area contributed by atoms with E-state index < -0.39 is 5.60 Å². The van der Waals surface area contributed by atoms with E-state index in [0.717, 1.165) is 0 Å². The van der Waals surface area contributed by atoms with Crippen molar-refractivity contribution >= 4 is 11.8 Å². The SMILES string of the molecule is CC1(COc2c(C(=O)N(CC3(C)CO3)CC3(C)CO3)cccc2C(=O)N(CC2(C)CO2)CC2(C)CO2)CO1. The number of carbonyl (C=O) groups is 2. The molecule has 0 bridgehead atoms. The van der Waals surface area contributed by atoms with Crippen LogP contribution in [0.1, 0.15) is 55.3 Å². The van der Waals surface area contributed by atoms with Gasteiger partial charge in [0, 0.05) is 0 Å². The van der Waals surface area contributed by atoms with Gasteiger partial charge in [0.05, 0.1) is 70.3 Å². The summed E-state index contributed by atoms with van der Waals surface area (Å²) in [6.45, 7) is 14.8. The number of ether oxygens (including phenoxy) is 6. The molecule has 0 saturated carbocycles. The second kappa shape index (κ2) is 8.63. The summed E-state index contributed by atoms with van der Waals surface area (Å²) in [6.07, 6.45) is 0. The topological polar surface area (TPSA) is 112 Å². The van der Waals surface area contributed by atoms with E-state index >= 15 is 0 Å². The lowest BCUT2D eigenvalue weighted by Gasteiger charge is -2.29. The predicted molar refractivity (Wildman–Crippen MR) is 136 cm³/mol. The number of hydrogen-bond donors (Lipinski definition) is 0. The molecule has 38 heavy (non-hydrogen) atoms. The Bertz CT molecular complexity index is 1020. The third-order valence-corrected chi connectivity index (χ3v) is 7.86. The van der Waals surface area contributed by atoms with Crippen molar-refractivity contribution in [3.8, 4) is 5.75 Å². The fraction of sp³-hybridized carbons (Fsp3) is 0.714. The maximum atomic E-state index is 14.1. The van der Waals surface area contributed by atoms with Crippen molar-refractivity contribution in [2.75, 3.05) is 65.8 Å². The van der Waals surface area contributed by atoms with Gasteiger partial charge in [-0.05, 0) is 46.8 Å². The van der Waals surface area contributed by atoms with Gasteiger partial charge >= 0.3 is 0 Å². The summed E-state index contributed by atoms with van der Waals surface area (Å²) in [5.41, 5.74) is -1.23. The third-order valence-electron chi connectivity index (χ3n) is 7.86. The minimum atomic E-state index is -0.425. The number of benzene rings is 1. The molecular formula is C28H38N2O8. The molecular weight excluding hydrogens is 492 g/mol. The van der Waals surface area contributed by atoms with E-state index in [4.69, 9.17) is 28.4 Å². The van der Waals surface area contributed by atoms with Crippen molar-refractivity contribution < 1.29 is 38.0 Å². The van der Waals surface area contributed by atoms with E-state index in [9.17, 15) is 9.59 Å². The van der Waals surface area contributed by atoms with Crippen LogP contribution in [0.4, 0.5) is 0 Å². The van der Waals surface area contributed by atoms with E-state index in [1.165, 1.54) is 0 Å². The van der Waals surface area contributed by atoms with Gasteiger partial charge in [-0.3, -0.25) is 9.59 Å². The molecule has 5 aliphatic heterocycles. The first kappa shape index (κ1) is 26.0. The first-order valence-corrected chi connectivity index (χ1v) is 13.4. The Morgan fingerprint density at radius 3 is 1.26 bits per heavy atom. The molecule has 1 aromatic rings. The first-order valence-electron chi connectivity index (χ1n) is 13.4. The van der Waals surface area contributed by atoms with Gasteiger partial charge in [0.15, 0.2) is 0 Å². The molecule has 6 rings (SSSR count). The minimum Gasteiger partial charge on any atom is -0.489 e. The number of hydrogen-bond acceptors (Lipinski definition) is 8. The van der Waals surface area contributed by atoms with Gasteiger partial charge in [-0.15, -0.1) is 0 Å². The smallest absolute Gasteiger partial charge is 0.257 e. The maximum absolute atomic E-state index is 14.1. The number of nitrogens with zero attached hydrogens (tertiary/aromatic N) is 2. The molecule has 1 aromatic carbocycles. The second-order valence-corrected chi connectivity index (χ2v) is 13.0. The number of para-hydroxylation sites is 1. The second-order valence-electron chi connectivity index (χ2n) is 13.0. The fourth-order valence-electron chi connectivity index (χ4n) is 4.67. The minimum absolute atomic E-state index is 0.216. The van der Waals surface area contributed by atoms with Crippen LogP contribution < -0.4 is 4.74 Å². The molecule has 0 N–H and O–H groups in total. The molecule has 0 spiro atoms. The molecule has 0 aromatic heterocycles. The summed E-state index contributed by atoms with van der Waals surface area (Å²) in [7, 11) is 0. The first-order chi connectivity index (χ1) is 17.8. The normalized spacial score (nSPS) is 37.8. The molecule has 2 amide bonds. The largest absolute Gasteiger partial charge is 0.489 e. The Morgan fingerprint density at radius 2 is 0.974 bits per heavy atom. The summed E-state index contributed by atoms with van der Waals surface area (Å²) in [6, 6.07) is 5.20. The van der Waals surface area contributed by atoms with E-state index in [-0.39, 0.29) is 46.6 Å². The number of carbonyl (C=O) groups excluding carboxylic acids is 2. The van der Waals surface area contributed by atoms with Crippen molar-refractivity contribution in [2.24, 2.45) is 0 Å². The van der Waals surface area contributed by atoms with Crippen molar-refractivity contribution in [1.29, 1.82) is 0 Å². The predicted octanol–water partition coefficient (Wildman–Crippen LogP) is 1.89. The summed E-state index contributed by atoms with van der Waals surface area (Å²) >= 11 is 0. The van der Waals surface area contributed by atoms with Gasteiger partial charge in [-0.25, -0.2) is 0 Å². The lowest BCUT2D eigenvalue weighted by atomic mass is 10.0. The van der Waals surface area contributed by atoms with Crippen LogP contribution in [-0.4, -0.2) is 115 Å². The standard InChI is InChI=1S/C28H38N2O8/c1-24(14-34-24)9-29(10-25(2)15-35-25)22(31)19-7-6-8-20(21(19)33-13-28(5)18-38-28)23(32)30(11-26(3)16-36-26)12-27(4)17-37-27/h6-8H,9-18H2,1-5H3. The van der Waals surface area contributed by atoms with Crippen LogP contribution in [-0.2, 0) is 23.7 Å². The number of rotatable bonds is 13. The van der Waals surface area contributed by atoms with Crippen LogP contribution in [0, 0.1) is 0 Å². The lowest BCUT2D eigenvalue weighted by Crippen LogP contribution is -2.44. The Hall–Kier alpha value is -2.24. The summed E-state index contributed by atoms with van der Waals surface area (Å²) in [5, 5.41) is 0. The molecule has 5 heterocycles. The molecule has 5 atom stereocenters. The molecule has 5 saturated heterocycles. The summed E-state index contributed by atoms with van der Waals surface area (Å²) in [4.78, 5) is 31.7. The highest BCUT2D eigenvalue weighted by molar-refractivity contribution is 6.04. The highest BCUT2D eigenvalue weighted by Gasteiger charge is 2.49. The van der Waals surface area contributed by atoms with Gasteiger partial charge in [-0.2, -0.15) is 0 Å². The van der Waals surface area contributed by atoms with Crippen LogP contribution >= 0.6 is 0 Å². The molecule has 10 heteroatoms. The van der Waals surface area contributed by atoms with Crippen molar-refractivity contribution in [1.82, 2.24) is 9.80 Å². The molecule has 10 nitrogen and oxygen atoms in total. The van der Waals surface area contributed by atoms with Crippen molar-refractivity contribution in [2.45, 2.75) is 62.6 Å². The number of epoxide rings is 5. The van der Waals surface area contributed by atoms with Crippen LogP contribution in [0.25, 0.3) is 0 Å². The zero-order valence-corrected chi connectivity index (χ0v) is 23.0. The fourth-order valence-corrected chi connectivity index (χ4v) is 4.67. The Labute approximate surface area is 223 Å². The molecule has 0 aliphatic carbocycles. The monoisotopic (exact) mass is 530 g/mol. The van der Waals surface area contributed by atoms with Crippen molar-refractivity contribution in [3.63, 3.8) is 0 Å². The van der Waals surface area contributed by atoms with Gasteiger partial charge in [0.1, 0.15) is 40.4 Å². The molecule has 0 radical (unpaired) electrons. The molecule has 5 fully saturated rings. The Kier molecular flexibility index (Phi) is 5.91. The quantitative estimate of drug-likeness (QED) is 0.356. The van der Waals surface area contributed by atoms with E-state index in [2.05, 4.69) is 0 Å². The van der Waals surface area contributed by atoms with Gasteiger partial charge in [0.25, 0.3) is 11.8 Å². The highest BCUT2D eigenvalue weighted by Crippen LogP contribution is 2.37. The Balaban J connectivity index is 1.32. The average Bonchev–Trinajstić information content (AvgIpc) is 3.60. The molecule has 5 aliphatic rings. The van der Waals surface area contributed by atoms with Crippen LogP contribution in [0.3, 0.4) is 0 Å². The van der Waals surface area contributed by atoms with Crippen LogP contribution in [0.15, 0.2) is 18.2 Å². The lowest BCUT2D eigenvalue weighted by molar-refractivity contribution is 0.0647. The Morgan fingerprint density at radius 1 is 0.658 bits per heavy atom. The van der Waals surface area contributed by atoms with Crippen LogP contribution in [0.2, 0.25) is 0 Å². The highest BCUT2D eigenvalue weighted by atomic mass is 16.6. The third kappa shape index (κ3) is 5.84. The van der Waals surface area contributed by atoms with Crippen LogP contribution in [0.5, 0.6) is 5.75 Å². The van der Waals surface area contributed by atoms with Crippen molar-refractivity contribution in [3.05, 3.63) is 29.3 Å². The van der Waals surface area contributed by atoms with E-state index in [1.807, 2.05) is 34.6 Å². The molecule has 5 unspecified atom stereocenters. The zero-order chi connectivity index (χ0) is 27.0. The average molecular weight is 531 g/mol. The number of amides is 2. The zero-order valence-electron chi connectivity index (χ0n) is 23.0. The van der Waals surface area contributed by atoms with E-state index in [1.54, 1.807) is 28.0 Å². The van der Waals surface area contributed by atoms with Gasteiger partial charge in [0.2, 0.25) is 0 Å². The van der Waals surface area contributed by atoms with E-state index in [0.29, 0.717) is 70.3 Å². The van der Waals surface area contributed by atoms with Gasteiger partial charge in [-0.1, -0.05) is 6.07 Å². The van der Waals surface area contributed by atoms with Gasteiger partial charge < -0.3 is 38.2 Å². The maximum Gasteiger partial charge on any atom is 0.257 e. The summed E-state index contributed by atoms with van der Waals surface area (Å²) in [5.74, 6) is -0.153. The molecule has 208 valence electrons.